The number of carbonyl (C=O) groups excluding carboxylic acids is 3. The number of aryl methyl sites for hydroxylation is 1. The average molecular weight is 506 g/mol. The summed E-state index contributed by atoms with van der Waals surface area (Å²) in [6, 6.07) is 5.01. The number of hydrogen-bond donors (Lipinski definition) is 3. The molecule has 8 nitrogen and oxygen atoms in total. The fourth-order valence-electron chi connectivity index (χ4n) is 3.92. The normalized spacial score (nSPS) is 14.1. The number of aliphatic hydroxyl groups excluding tert-OH is 1. The van der Waals surface area contributed by atoms with Crippen molar-refractivity contribution in [3.8, 4) is 0 Å². The van der Waals surface area contributed by atoms with Crippen LogP contribution in [0.25, 0.3) is 0 Å². The summed E-state index contributed by atoms with van der Waals surface area (Å²) in [4.78, 5) is 41.5. The van der Waals surface area contributed by atoms with E-state index in [0.29, 0.717) is 24.4 Å². The van der Waals surface area contributed by atoms with Gasteiger partial charge in [0, 0.05) is 12.6 Å². The van der Waals surface area contributed by atoms with Crippen molar-refractivity contribution in [3.05, 3.63) is 35.4 Å². The van der Waals surface area contributed by atoms with Gasteiger partial charge in [0.25, 0.3) is 0 Å². The van der Waals surface area contributed by atoms with Crippen LogP contribution in [0.4, 0.5) is 4.79 Å². The Kier molecular flexibility index (Phi) is 12.9. The molecule has 204 valence electrons. The van der Waals surface area contributed by atoms with Crippen LogP contribution >= 0.6 is 0 Å². The van der Waals surface area contributed by atoms with E-state index in [1.807, 2.05) is 45.0 Å². The highest BCUT2D eigenvalue weighted by Gasteiger charge is 2.39. The molecule has 3 unspecified atom stereocenters. The summed E-state index contributed by atoms with van der Waals surface area (Å²) in [5.74, 6) is -0.400. The lowest BCUT2D eigenvalue weighted by Crippen LogP contribution is -2.56. The number of benzene rings is 1. The minimum Gasteiger partial charge on any atom is -0.444 e. The summed E-state index contributed by atoms with van der Waals surface area (Å²) >= 11 is 0. The minimum absolute atomic E-state index is 0.281. The number of rotatable bonds is 13. The van der Waals surface area contributed by atoms with E-state index >= 15 is 0 Å². The lowest BCUT2D eigenvalue weighted by atomic mass is 9.94. The van der Waals surface area contributed by atoms with Gasteiger partial charge in [-0.2, -0.15) is 0 Å². The molecule has 0 saturated carbocycles. The third kappa shape index (κ3) is 10.2. The Bertz CT molecular complexity index is 850. The first-order valence-electron chi connectivity index (χ1n) is 13.1. The van der Waals surface area contributed by atoms with Crippen molar-refractivity contribution in [2.45, 2.75) is 105 Å². The Balaban J connectivity index is 3.48. The largest absolute Gasteiger partial charge is 0.444 e. The molecule has 36 heavy (non-hydrogen) atoms. The van der Waals surface area contributed by atoms with E-state index in [4.69, 9.17) is 4.74 Å². The molecular formula is C28H47N3O5. The number of amides is 3. The molecule has 1 rings (SSSR count). The van der Waals surface area contributed by atoms with E-state index in [-0.39, 0.29) is 11.9 Å². The summed E-state index contributed by atoms with van der Waals surface area (Å²) in [7, 11) is 0. The molecule has 0 aromatic heterocycles. The molecule has 0 aliphatic rings. The van der Waals surface area contributed by atoms with Crippen molar-refractivity contribution < 1.29 is 24.2 Å². The highest BCUT2D eigenvalue weighted by molar-refractivity contribution is 5.92. The summed E-state index contributed by atoms with van der Waals surface area (Å²) in [5, 5.41) is 15.6. The molecule has 0 aliphatic heterocycles. The monoisotopic (exact) mass is 505 g/mol. The number of nitrogens with zero attached hydrogens (tertiary/aromatic N) is 1. The zero-order valence-corrected chi connectivity index (χ0v) is 23.4. The first-order chi connectivity index (χ1) is 16.8. The minimum atomic E-state index is -1.25. The Hall–Kier alpha value is -2.61. The number of unbranched alkanes of at least 4 members (excludes halogenated alkanes) is 1. The maximum atomic E-state index is 13.9. The van der Waals surface area contributed by atoms with Gasteiger partial charge in [-0.3, -0.25) is 9.59 Å². The molecule has 0 radical (unpaired) electrons. The highest BCUT2D eigenvalue weighted by atomic mass is 16.6. The van der Waals surface area contributed by atoms with Gasteiger partial charge < -0.3 is 25.4 Å². The third-order valence-corrected chi connectivity index (χ3v) is 5.90. The first-order valence-corrected chi connectivity index (χ1v) is 13.1. The Labute approximate surface area is 217 Å². The van der Waals surface area contributed by atoms with Gasteiger partial charge in [0.1, 0.15) is 17.7 Å². The topological polar surface area (TPSA) is 108 Å². The van der Waals surface area contributed by atoms with Crippen molar-refractivity contribution in [1.82, 2.24) is 15.5 Å². The van der Waals surface area contributed by atoms with E-state index in [1.54, 1.807) is 20.8 Å². The number of hydrogen-bond acceptors (Lipinski definition) is 5. The van der Waals surface area contributed by atoms with Gasteiger partial charge in [0.15, 0.2) is 0 Å². The van der Waals surface area contributed by atoms with Crippen LogP contribution in [0.5, 0.6) is 0 Å². The molecule has 0 aliphatic carbocycles. The summed E-state index contributed by atoms with van der Waals surface area (Å²) in [6.45, 7) is 15.1. The van der Waals surface area contributed by atoms with Gasteiger partial charge >= 0.3 is 6.09 Å². The third-order valence-electron chi connectivity index (χ3n) is 5.90. The average Bonchev–Trinajstić information content (AvgIpc) is 2.78. The van der Waals surface area contributed by atoms with Gasteiger partial charge in [-0.05, 0) is 70.9 Å². The fourth-order valence-corrected chi connectivity index (χ4v) is 3.92. The second-order valence-corrected chi connectivity index (χ2v) is 10.9. The van der Waals surface area contributed by atoms with Crippen LogP contribution in [0.15, 0.2) is 24.3 Å². The number of ether oxygens (including phenoxy) is 1. The number of alkyl carbamates (subject to hydrolysis) is 1. The van der Waals surface area contributed by atoms with Crippen molar-refractivity contribution in [3.63, 3.8) is 0 Å². The van der Waals surface area contributed by atoms with Crippen molar-refractivity contribution in [1.29, 1.82) is 0 Å². The Morgan fingerprint density at radius 3 is 2.25 bits per heavy atom. The Morgan fingerprint density at radius 1 is 1.08 bits per heavy atom. The van der Waals surface area contributed by atoms with Crippen LogP contribution in [-0.2, 0) is 14.3 Å². The second kappa shape index (κ2) is 14.8. The molecule has 0 bridgehead atoms. The summed E-state index contributed by atoms with van der Waals surface area (Å²) in [5.41, 5.74) is 0.827. The molecule has 3 N–H and O–H groups in total. The molecule has 3 amide bonds. The molecule has 0 saturated heterocycles. The van der Waals surface area contributed by atoms with E-state index in [2.05, 4.69) is 24.5 Å². The van der Waals surface area contributed by atoms with Crippen molar-refractivity contribution in [2.24, 2.45) is 5.92 Å². The maximum absolute atomic E-state index is 13.9. The summed E-state index contributed by atoms with van der Waals surface area (Å²) in [6.07, 6.45) is 2.46. The molecule has 8 heteroatoms. The fraction of sp³-hybridized carbons (Fsp3) is 0.679. The number of aliphatic hydroxyl groups is 1. The molecule has 0 fully saturated rings. The molecule has 1 aromatic rings. The van der Waals surface area contributed by atoms with E-state index < -0.39 is 36.3 Å². The van der Waals surface area contributed by atoms with Crippen LogP contribution in [0.1, 0.15) is 91.3 Å². The van der Waals surface area contributed by atoms with Gasteiger partial charge in [-0.15, -0.1) is 0 Å². The van der Waals surface area contributed by atoms with Gasteiger partial charge in [-0.25, -0.2) is 4.79 Å². The van der Waals surface area contributed by atoms with Gasteiger partial charge in [-0.1, -0.05) is 51.5 Å². The summed E-state index contributed by atoms with van der Waals surface area (Å²) < 4.78 is 5.31. The van der Waals surface area contributed by atoms with Crippen LogP contribution in [0.2, 0.25) is 0 Å². The number of carbonyl (C=O) groups is 3. The standard InChI is InChI=1S/C28H47N3O5/c1-9-10-17-29-25(33)24(22-14-12-11-13-20(22)4)31(21(5)16-15-19(2)3)26(34)23(18-32)30-27(35)36-28(6,7)8/h11-14,19,21,23-24,32H,9-10,15-18H2,1-8H3,(H,29,33)(H,30,35). The van der Waals surface area contributed by atoms with Crippen molar-refractivity contribution in [2.75, 3.05) is 13.2 Å². The second-order valence-electron chi connectivity index (χ2n) is 10.9. The molecule has 0 heterocycles. The quantitative estimate of drug-likeness (QED) is 0.342. The van der Waals surface area contributed by atoms with Crippen LogP contribution in [0.3, 0.4) is 0 Å². The van der Waals surface area contributed by atoms with Crippen LogP contribution < -0.4 is 10.6 Å². The van der Waals surface area contributed by atoms with Crippen LogP contribution in [-0.4, -0.2) is 58.8 Å². The smallest absolute Gasteiger partial charge is 0.408 e. The lowest BCUT2D eigenvalue weighted by molar-refractivity contribution is -0.146. The first kappa shape index (κ1) is 31.4. The Morgan fingerprint density at radius 2 is 1.72 bits per heavy atom. The van der Waals surface area contributed by atoms with E-state index in [0.717, 1.165) is 24.8 Å². The molecule has 1 aromatic carbocycles. The van der Waals surface area contributed by atoms with Gasteiger partial charge in [0.05, 0.1) is 6.61 Å². The predicted octanol–water partition coefficient (Wildman–Crippen LogP) is 4.49. The highest BCUT2D eigenvalue weighted by Crippen LogP contribution is 2.29. The van der Waals surface area contributed by atoms with E-state index in [9.17, 15) is 19.5 Å². The van der Waals surface area contributed by atoms with Crippen LogP contribution in [0, 0.1) is 12.8 Å². The molecule has 0 spiro atoms. The number of nitrogens with one attached hydrogen (secondary N) is 2. The predicted molar refractivity (Wildman–Crippen MR) is 142 cm³/mol. The molecule has 3 atom stereocenters. The lowest BCUT2D eigenvalue weighted by Gasteiger charge is -2.39. The van der Waals surface area contributed by atoms with E-state index in [1.165, 1.54) is 4.90 Å². The zero-order chi connectivity index (χ0) is 27.5. The maximum Gasteiger partial charge on any atom is 0.408 e. The van der Waals surface area contributed by atoms with Gasteiger partial charge in [0.2, 0.25) is 11.8 Å². The zero-order valence-electron chi connectivity index (χ0n) is 23.4. The molecular weight excluding hydrogens is 458 g/mol. The van der Waals surface area contributed by atoms with Crippen molar-refractivity contribution >= 4 is 17.9 Å². The SMILES string of the molecule is CCCCNC(=O)C(c1ccccc1C)N(C(=O)C(CO)NC(=O)OC(C)(C)C)C(C)CCC(C)C.